The summed E-state index contributed by atoms with van der Waals surface area (Å²) in [5.41, 5.74) is 3.04. The molecule has 0 fully saturated rings. The molecule has 0 saturated carbocycles. The first-order valence-electron chi connectivity index (χ1n) is 8.63. The van der Waals surface area contributed by atoms with E-state index in [1.54, 1.807) is 13.0 Å². The number of rotatable bonds is 5. The van der Waals surface area contributed by atoms with Gasteiger partial charge in [-0.05, 0) is 42.7 Å². The van der Waals surface area contributed by atoms with E-state index in [1.165, 1.54) is 5.56 Å². The van der Waals surface area contributed by atoms with Gasteiger partial charge in [0.05, 0.1) is 0 Å². The van der Waals surface area contributed by atoms with E-state index in [0.29, 0.717) is 17.3 Å². The van der Waals surface area contributed by atoms with Gasteiger partial charge in [0.15, 0.2) is 6.10 Å². The number of amides is 1. The molecule has 5 nitrogen and oxygen atoms in total. The van der Waals surface area contributed by atoms with Crippen molar-refractivity contribution in [1.29, 1.82) is 0 Å². The van der Waals surface area contributed by atoms with Gasteiger partial charge in [-0.1, -0.05) is 44.2 Å². The van der Waals surface area contributed by atoms with Crippen molar-refractivity contribution in [3.8, 4) is 0 Å². The summed E-state index contributed by atoms with van der Waals surface area (Å²) in [4.78, 5) is 27.5. The Kier molecular flexibility index (Phi) is 5.07. The van der Waals surface area contributed by atoms with Gasteiger partial charge in [0.1, 0.15) is 5.69 Å². The van der Waals surface area contributed by atoms with Gasteiger partial charge in [0.2, 0.25) is 0 Å². The molecule has 0 aliphatic rings. The maximum absolute atomic E-state index is 12.3. The van der Waals surface area contributed by atoms with Crippen LogP contribution in [0.15, 0.2) is 54.6 Å². The minimum atomic E-state index is -0.904. The fourth-order valence-electron chi connectivity index (χ4n) is 2.66. The fraction of sp³-hybridized carbons (Fsp3) is 0.238. The zero-order chi connectivity index (χ0) is 18.7. The number of carbonyl (C=O) groups is 2. The average Bonchev–Trinajstić information content (AvgIpc) is 3.06. The zero-order valence-electron chi connectivity index (χ0n) is 15.1. The summed E-state index contributed by atoms with van der Waals surface area (Å²) in [6.45, 7) is 5.77. The van der Waals surface area contributed by atoms with Gasteiger partial charge in [0, 0.05) is 16.6 Å². The molecule has 1 amide bonds. The number of nitrogens with one attached hydrogen (secondary N) is 2. The van der Waals surface area contributed by atoms with Crippen molar-refractivity contribution < 1.29 is 14.3 Å². The second kappa shape index (κ2) is 7.44. The summed E-state index contributed by atoms with van der Waals surface area (Å²) in [6, 6.07) is 16.9. The van der Waals surface area contributed by atoms with E-state index in [-0.39, 0.29) is 5.91 Å². The molecule has 134 valence electrons. The molecule has 0 radical (unpaired) electrons. The Hall–Kier alpha value is -3.08. The number of hydrogen-bond acceptors (Lipinski definition) is 3. The molecule has 0 saturated heterocycles. The molecule has 2 aromatic carbocycles. The van der Waals surface area contributed by atoms with Gasteiger partial charge in [-0.15, -0.1) is 0 Å². The molecule has 2 N–H and O–H groups in total. The lowest BCUT2D eigenvalue weighted by atomic mass is 10.0. The summed E-state index contributed by atoms with van der Waals surface area (Å²) in [7, 11) is 0. The van der Waals surface area contributed by atoms with E-state index in [2.05, 4.69) is 24.1 Å². The Labute approximate surface area is 152 Å². The Morgan fingerprint density at radius 2 is 1.69 bits per heavy atom. The van der Waals surface area contributed by atoms with Crippen LogP contribution in [0.25, 0.3) is 10.9 Å². The average molecular weight is 350 g/mol. The van der Waals surface area contributed by atoms with E-state index in [4.69, 9.17) is 4.74 Å². The van der Waals surface area contributed by atoms with Crippen LogP contribution in [0.2, 0.25) is 0 Å². The molecule has 3 aromatic rings. The van der Waals surface area contributed by atoms with E-state index < -0.39 is 12.1 Å². The van der Waals surface area contributed by atoms with Crippen LogP contribution in [0.3, 0.4) is 0 Å². The summed E-state index contributed by atoms with van der Waals surface area (Å²) >= 11 is 0. The zero-order valence-corrected chi connectivity index (χ0v) is 15.1. The Bertz CT molecular complexity index is 893. The van der Waals surface area contributed by atoms with Gasteiger partial charge in [-0.25, -0.2) is 4.79 Å². The van der Waals surface area contributed by atoms with Gasteiger partial charge in [-0.2, -0.15) is 0 Å². The van der Waals surface area contributed by atoms with Gasteiger partial charge < -0.3 is 15.0 Å². The van der Waals surface area contributed by atoms with Crippen molar-refractivity contribution in [2.45, 2.75) is 32.8 Å². The highest BCUT2D eigenvalue weighted by Crippen LogP contribution is 2.18. The smallest absolute Gasteiger partial charge is 0.355 e. The van der Waals surface area contributed by atoms with E-state index in [1.807, 2.05) is 48.5 Å². The van der Waals surface area contributed by atoms with Crippen LogP contribution in [0.5, 0.6) is 0 Å². The molecule has 26 heavy (non-hydrogen) atoms. The lowest BCUT2D eigenvalue weighted by molar-refractivity contribution is -0.123. The van der Waals surface area contributed by atoms with Crippen molar-refractivity contribution in [3.63, 3.8) is 0 Å². The fourth-order valence-corrected chi connectivity index (χ4v) is 2.66. The van der Waals surface area contributed by atoms with Crippen LogP contribution in [-0.2, 0) is 9.53 Å². The van der Waals surface area contributed by atoms with E-state index in [9.17, 15) is 9.59 Å². The van der Waals surface area contributed by atoms with Crippen molar-refractivity contribution in [2.75, 3.05) is 5.32 Å². The molecule has 0 bridgehead atoms. The highest BCUT2D eigenvalue weighted by atomic mass is 16.5. The first-order chi connectivity index (χ1) is 12.4. The molecular weight excluding hydrogens is 328 g/mol. The number of aromatic nitrogens is 1. The highest BCUT2D eigenvalue weighted by molar-refractivity contribution is 5.98. The van der Waals surface area contributed by atoms with Crippen LogP contribution < -0.4 is 5.32 Å². The summed E-state index contributed by atoms with van der Waals surface area (Å²) in [5.74, 6) is -0.498. The number of esters is 1. The lowest BCUT2D eigenvalue weighted by Crippen LogP contribution is -2.30. The number of aromatic amines is 1. The molecule has 3 rings (SSSR count). The van der Waals surface area contributed by atoms with Crippen LogP contribution >= 0.6 is 0 Å². The number of carbonyl (C=O) groups excluding carboxylic acids is 2. The van der Waals surface area contributed by atoms with Crippen LogP contribution in [0.4, 0.5) is 5.69 Å². The summed E-state index contributed by atoms with van der Waals surface area (Å²) < 4.78 is 5.28. The Balaban J connectivity index is 1.62. The molecule has 0 aliphatic heterocycles. The summed E-state index contributed by atoms with van der Waals surface area (Å²) in [6.07, 6.45) is -0.904. The standard InChI is InChI=1S/C21H22N2O3/c1-13(2)15-8-10-17(11-9-15)22-20(24)14(3)26-21(25)19-12-16-6-4-5-7-18(16)23-19/h4-14,23H,1-3H3,(H,22,24)/t14-/m1/s1. The van der Waals surface area contributed by atoms with Crippen LogP contribution in [0.1, 0.15) is 42.7 Å². The van der Waals surface area contributed by atoms with Crippen LogP contribution in [0, 0.1) is 0 Å². The Morgan fingerprint density at radius 3 is 2.35 bits per heavy atom. The molecule has 1 aromatic heterocycles. The lowest BCUT2D eigenvalue weighted by Gasteiger charge is -2.13. The van der Waals surface area contributed by atoms with Crippen molar-refractivity contribution in [1.82, 2.24) is 4.98 Å². The molecular formula is C21H22N2O3. The largest absolute Gasteiger partial charge is 0.448 e. The minimum Gasteiger partial charge on any atom is -0.448 e. The number of fused-ring (bicyclic) bond motifs is 1. The first kappa shape index (κ1) is 17.7. The third-order valence-corrected chi connectivity index (χ3v) is 4.25. The molecule has 0 spiro atoms. The van der Waals surface area contributed by atoms with Crippen LogP contribution in [-0.4, -0.2) is 23.0 Å². The third-order valence-electron chi connectivity index (χ3n) is 4.25. The molecule has 5 heteroatoms. The maximum atomic E-state index is 12.3. The number of ether oxygens (including phenoxy) is 1. The number of hydrogen-bond donors (Lipinski definition) is 2. The topological polar surface area (TPSA) is 71.2 Å². The number of anilines is 1. The van der Waals surface area contributed by atoms with E-state index in [0.717, 1.165) is 10.9 Å². The van der Waals surface area contributed by atoms with Gasteiger partial charge in [0.25, 0.3) is 5.91 Å². The molecule has 1 heterocycles. The van der Waals surface area contributed by atoms with Crippen molar-refractivity contribution >= 4 is 28.5 Å². The number of H-pyrrole nitrogens is 1. The van der Waals surface area contributed by atoms with Crippen molar-refractivity contribution in [2.24, 2.45) is 0 Å². The molecule has 0 aliphatic carbocycles. The first-order valence-corrected chi connectivity index (χ1v) is 8.63. The maximum Gasteiger partial charge on any atom is 0.355 e. The third kappa shape index (κ3) is 3.94. The second-order valence-corrected chi connectivity index (χ2v) is 6.58. The quantitative estimate of drug-likeness (QED) is 0.667. The predicted octanol–water partition coefficient (Wildman–Crippen LogP) is 4.48. The highest BCUT2D eigenvalue weighted by Gasteiger charge is 2.20. The number of para-hydroxylation sites is 1. The second-order valence-electron chi connectivity index (χ2n) is 6.58. The molecule has 1 atom stereocenters. The molecule has 0 unspecified atom stereocenters. The summed E-state index contributed by atoms with van der Waals surface area (Å²) in [5, 5.41) is 3.68. The number of benzene rings is 2. The van der Waals surface area contributed by atoms with E-state index >= 15 is 0 Å². The minimum absolute atomic E-state index is 0.326. The van der Waals surface area contributed by atoms with Gasteiger partial charge >= 0.3 is 5.97 Å². The monoisotopic (exact) mass is 350 g/mol. The Morgan fingerprint density at radius 1 is 1.00 bits per heavy atom. The van der Waals surface area contributed by atoms with Crippen molar-refractivity contribution in [3.05, 3.63) is 65.9 Å². The predicted molar refractivity (Wildman–Crippen MR) is 102 cm³/mol. The SMILES string of the molecule is CC(C)c1ccc(NC(=O)[C@@H](C)OC(=O)c2cc3ccccc3[nH]2)cc1. The normalized spacial score (nSPS) is 12.2. The van der Waals surface area contributed by atoms with Gasteiger partial charge in [-0.3, -0.25) is 4.79 Å².